The fraction of sp³-hybridized carbons (Fsp3) is 0.720. The molecule has 1 saturated heterocycles. The topological polar surface area (TPSA) is 93.1 Å². The van der Waals surface area contributed by atoms with Gasteiger partial charge in [-0.1, -0.05) is 25.5 Å². The van der Waals surface area contributed by atoms with Gasteiger partial charge in [-0.25, -0.2) is 0 Å². The molecule has 0 radical (unpaired) electrons. The number of carbonyl (C=O) groups is 3. The average molecular weight is 444 g/mol. The van der Waals surface area contributed by atoms with Crippen molar-refractivity contribution in [2.75, 3.05) is 20.2 Å². The smallest absolute Gasteiger partial charge is 0.303 e. The van der Waals surface area contributed by atoms with Crippen LogP contribution in [-0.4, -0.2) is 59.6 Å². The van der Waals surface area contributed by atoms with Crippen molar-refractivity contribution in [2.24, 2.45) is 34.5 Å². The van der Waals surface area contributed by atoms with Crippen molar-refractivity contribution in [3.63, 3.8) is 0 Å². The van der Waals surface area contributed by atoms with Crippen molar-refractivity contribution < 1.29 is 29.1 Å². The van der Waals surface area contributed by atoms with E-state index in [9.17, 15) is 19.5 Å². The summed E-state index contributed by atoms with van der Waals surface area (Å²) < 4.78 is 5.11. The van der Waals surface area contributed by atoms with E-state index in [2.05, 4.69) is 13.8 Å². The summed E-state index contributed by atoms with van der Waals surface area (Å²) in [7, 11) is 1.84. The highest BCUT2D eigenvalue weighted by Crippen LogP contribution is 2.70. The van der Waals surface area contributed by atoms with Crippen molar-refractivity contribution in [3.8, 4) is 0 Å². The number of esters is 1. The number of hydroxylamine groups is 2. The number of carbonyl (C=O) groups excluding carboxylic acids is 3. The van der Waals surface area contributed by atoms with Gasteiger partial charge in [-0.15, -0.1) is 0 Å². The number of hydrogen-bond donors (Lipinski definition) is 1. The lowest BCUT2D eigenvalue weighted by molar-refractivity contribution is -0.244. The Labute approximate surface area is 188 Å². The van der Waals surface area contributed by atoms with Crippen LogP contribution in [0.25, 0.3) is 0 Å². The molecule has 1 N–H and O–H groups in total. The predicted octanol–water partition coefficient (Wildman–Crippen LogP) is 2.24. The monoisotopic (exact) mass is 443 g/mol. The zero-order chi connectivity index (χ0) is 23.1. The Morgan fingerprint density at radius 1 is 1.34 bits per heavy atom. The first-order valence-electron chi connectivity index (χ1n) is 11.7. The molecule has 174 valence electrons. The van der Waals surface area contributed by atoms with E-state index in [0.717, 1.165) is 24.8 Å². The Morgan fingerprint density at radius 2 is 2.09 bits per heavy atom. The molecule has 0 aromatic rings. The van der Waals surface area contributed by atoms with Gasteiger partial charge in [0, 0.05) is 43.2 Å². The molecule has 0 amide bonds. The van der Waals surface area contributed by atoms with Crippen LogP contribution in [0.15, 0.2) is 23.8 Å². The van der Waals surface area contributed by atoms with Gasteiger partial charge in [-0.3, -0.25) is 19.2 Å². The summed E-state index contributed by atoms with van der Waals surface area (Å²) in [6, 6.07) is 0. The Hall–Kier alpha value is -1.83. The quantitative estimate of drug-likeness (QED) is 0.669. The fourth-order valence-corrected chi connectivity index (χ4v) is 8.32. The standard InChI is InChI=1S/C25H33NO6/c1-14(27)31-13-21(30)25-16(12-26(4)32-25)10-19-18-6-5-15-9-17(28)7-8-23(15,2)22(18)20(29)11-24(19,25)3/h7-9,16,18-20,22,29H,5-6,10-13H2,1-4H3/t16-,18?,19?,20-,22?,23-,24-,25-/m0/s1. The van der Waals surface area contributed by atoms with Crippen molar-refractivity contribution in [1.29, 1.82) is 0 Å². The van der Waals surface area contributed by atoms with E-state index >= 15 is 0 Å². The van der Waals surface area contributed by atoms with E-state index in [0.29, 0.717) is 13.0 Å². The SMILES string of the molecule is CC(=O)OCC(=O)[C@@]12ON(C)C[C@@H]1CC1C3CCC4=CC(=O)C=C[C@]4(C)C3[C@@H](O)C[C@@]12C. The molecule has 8 atom stereocenters. The molecule has 4 aliphatic carbocycles. The summed E-state index contributed by atoms with van der Waals surface area (Å²) in [6.45, 7) is 5.88. The maximum Gasteiger partial charge on any atom is 0.303 e. The number of aliphatic hydroxyl groups is 1. The summed E-state index contributed by atoms with van der Waals surface area (Å²) in [5.74, 6) is -0.246. The normalized spacial score (nSPS) is 47.2. The minimum Gasteiger partial charge on any atom is -0.458 e. The van der Waals surface area contributed by atoms with Gasteiger partial charge >= 0.3 is 5.97 Å². The van der Waals surface area contributed by atoms with Crippen LogP contribution in [-0.2, 0) is 24.0 Å². The van der Waals surface area contributed by atoms with E-state index in [4.69, 9.17) is 9.57 Å². The number of allylic oxidation sites excluding steroid dienone is 4. The molecule has 32 heavy (non-hydrogen) atoms. The van der Waals surface area contributed by atoms with Crippen LogP contribution < -0.4 is 0 Å². The molecule has 5 aliphatic rings. The van der Waals surface area contributed by atoms with E-state index in [1.165, 1.54) is 6.92 Å². The first kappa shape index (κ1) is 22.0. The second-order valence-electron chi connectivity index (χ2n) is 11.0. The van der Waals surface area contributed by atoms with Crippen LogP contribution in [0.3, 0.4) is 0 Å². The lowest BCUT2D eigenvalue weighted by Gasteiger charge is -2.59. The van der Waals surface area contributed by atoms with Gasteiger partial charge < -0.3 is 9.84 Å². The molecule has 0 bridgehead atoms. The van der Waals surface area contributed by atoms with Crippen LogP contribution in [0.2, 0.25) is 0 Å². The van der Waals surface area contributed by atoms with Crippen LogP contribution in [0, 0.1) is 34.5 Å². The summed E-state index contributed by atoms with van der Waals surface area (Å²) in [5, 5.41) is 13.3. The zero-order valence-electron chi connectivity index (χ0n) is 19.3. The van der Waals surface area contributed by atoms with Crippen LogP contribution in [0.1, 0.15) is 46.5 Å². The lowest BCUT2D eigenvalue weighted by Crippen LogP contribution is -2.63. The number of hydrogen-bond acceptors (Lipinski definition) is 7. The second kappa shape index (κ2) is 7.08. The predicted molar refractivity (Wildman–Crippen MR) is 115 cm³/mol. The number of nitrogens with zero attached hydrogens (tertiary/aromatic N) is 1. The first-order chi connectivity index (χ1) is 15.0. The Morgan fingerprint density at radius 3 is 2.81 bits per heavy atom. The maximum absolute atomic E-state index is 13.6. The number of aliphatic hydroxyl groups excluding tert-OH is 1. The third-order valence-electron chi connectivity index (χ3n) is 9.45. The molecular formula is C25H33NO6. The molecule has 1 aliphatic heterocycles. The Balaban J connectivity index is 1.54. The van der Waals surface area contributed by atoms with E-state index in [1.54, 1.807) is 17.2 Å². The van der Waals surface area contributed by atoms with Crippen LogP contribution >= 0.6 is 0 Å². The molecule has 0 aromatic carbocycles. The van der Waals surface area contributed by atoms with Gasteiger partial charge in [0.05, 0.1) is 6.10 Å². The van der Waals surface area contributed by atoms with Crippen molar-refractivity contribution >= 4 is 17.5 Å². The Bertz CT molecular complexity index is 941. The molecule has 0 spiro atoms. The van der Waals surface area contributed by atoms with E-state index in [-0.39, 0.29) is 47.3 Å². The van der Waals surface area contributed by atoms with Gasteiger partial charge in [-0.05, 0) is 49.7 Å². The largest absolute Gasteiger partial charge is 0.458 e. The molecule has 4 fully saturated rings. The van der Waals surface area contributed by atoms with Crippen molar-refractivity contribution in [1.82, 2.24) is 5.06 Å². The minimum absolute atomic E-state index is 0.00195. The van der Waals surface area contributed by atoms with E-state index in [1.807, 2.05) is 13.1 Å². The Kier molecular flexibility index (Phi) is 4.87. The molecule has 7 nitrogen and oxygen atoms in total. The third-order valence-corrected chi connectivity index (χ3v) is 9.45. The van der Waals surface area contributed by atoms with Crippen molar-refractivity contribution in [2.45, 2.75) is 58.2 Å². The number of Topliss-reactive ketones (excluding diaryl/α,β-unsaturated/α-hetero) is 1. The molecule has 0 aromatic heterocycles. The van der Waals surface area contributed by atoms with Crippen molar-refractivity contribution in [3.05, 3.63) is 23.8 Å². The highest BCUT2D eigenvalue weighted by molar-refractivity contribution is 6.01. The van der Waals surface area contributed by atoms with Gasteiger partial charge in [-0.2, -0.15) is 5.06 Å². The van der Waals surface area contributed by atoms with Gasteiger partial charge in [0.15, 0.2) is 18.0 Å². The number of ether oxygens (including phenoxy) is 1. The summed E-state index contributed by atoms with van der Waals surface area (Å²) in [4.78, 5) is 43.3. The lowest BCUT2D eigenvalue weighted by atomic mass is 9.46. The number of ketones is 2. The second-order valence-corrected chi connectivity index (χ2v) is 11.0. The van der Waals surface area contributed by atoms with Crippen LogP contribution in [0.4, 0.5) is 0 Å². The highest BCUT2D eigenvalue weighted by Gasteiger charge is 2.75. The molecule has 7 heteroatoms. The summed E-state index contributed by atoms with van der Waals surface area (Å²) in [5.41, 5.74) is -0.888. The fourth-order valence-electron chi connectivity index (χ4n) is 8.32. The van der Waals surface area contributed by atoms with Gasteiger partial charge in [0.1, 0.15) is 0 Å². The number of rotatable bonds is 3. The average Bonchev–Trinajstić information content (AvgIpc) is 3.17. The minimum atomic E-state index is -1.09. The highest BCUT2D eigenvalue weighted by atomic mass is 16.7. The summed E-state index contributed by atoms with van der Waals surface area (Å²) >= 11 is 0. The molecule has 5 rings (SSSR count). The number of fused-ring (bicyclic) bond motifs is 7. The summed E-state index contributed by atoms with van der Waals surface area (Å²) in [6.07, 6.45) is 7.76. The maximum atomic E-state index is 13.6. The molecular weight excluding hydrogens is 410 g/mol. The first-order valence-corrected chi connectivity index (χ1v) is 11.7. The molecule has 3 unspecified atom stereocenters. The van der Waals surface area contributed by atoms with Crippen LogP contribution in [0.5, 0.6) is 0 Å². The van der Waals surface area contributed by atoms with Gasteiger partial charge in [0.2, 0.25) is 5.78 Å². The van der Waals surface area contributed by atoms with Gasteiger partial charge in [0.25, 0.3) is 0 Å². The molecule has 1 heterocycles. The zero-order valence-corrected chi connectivity index (χ0v) is 19.3. The molecule has 3 saturated carbocycles. The third kappa shape index (κ3) is 2.74. The van der Waals surface area contributed by atoms with E-state index < -0.39 is 23.1 Å².